The number of ether oxygens (including phenoxy) is 1. The molecule has 0 aliphatic carbocycles. The maximum atomic E-state index is 13.1. The van der Waals surface area contributed by atoms with Gasteiger partial charge in [0.05, 0.1) is 11.2 Å². The van der Waals surface area contributed by atoms with Crippen molar-refractivity contribution in [3.63, 3.8) is 0 Å². The number of amides is 1. The molecule has 3 aliphatic rings. The number of fused-ring (bicyclic) bond motifs is 3. The lowest BCUT2D eigenvalue weighted by molar-refractivity contribution is -0.122. The number of carbonyl (C=O) groups is 1. The molecule has 0 spiro atoms. The number of hydrogen-bond acceptors (Lipinski definition) is 6. The minimum absolute atomic E-state index is 0.0973. The van der Waals surface area contributed by atoms with Crippen molar-refractivity contribution in [2.75, 3.05) is 18.5 Å². The van der Waals surface area contributed by atoms with E-state index >= 15 is 0 Å². The molecule has 6 rings (SSSR count). The zero-order chi connectivity index (χ0) is 21.1. The quantitative estimate of drug-likeness (QED) is 0.588. The fraction of sp³-hybridized carbons (Fsp3) is 0.435. The Balaban J connectivity index is 1.23. The second-order valence-electron chi connectivity index (χ2n) is 8.77. The Hall–Kier alpha value is -2.71. The standard InChI is InChI=1S/C23H24N4O3S/c1-25-15-2-3-16(25)11-18(10-15)30-17-6-4-14(5-7-17)27-13-24-19-12-21(26-9-8-20(26)28)31-22(19)23(27)29/h4-7,12-13,15-16,18H,2-3,8-11H2,1H3. The van der Waals surface area contributed by atoms with Crippen LogP contribution in [0.5, 0.6) is 5.75 Å². The smallest absolute Gasteiger partial charge is 0.275 e. The third-order valence-electron chi connectivity index (χ3n) is 7.01. The van der Waals surface area contributed by atoms with E-state index in [-0.39, 0.29) is 17.6 Å². The fourth-order valence-corrected chi connectivity index (χ4v) is 6.19. The van der Waals surface area contributed by atoms with Gasteiger partial charge in [-0.15, -0.1) is 11.3 Å². The molecule has 1 amide bonds. The van der Waals surface area contributed by atoms with Gasteiger partial charge in [0, 0.05) is 25.0 Å². The van der Waals surface area contributed by atoms with Gasteiger partial charge in [0.25, 0.3) is 5.56 Å². The van der Waals surface area contributed by atoms with Crippen LogP contribution in [0.2, 0.25) is 0 Å². The lowest BCUT2D eigenvalue weighted by Crippen LogP contribution is -2.43. The third kappa shape index (κ3) is 3.16. The average molecular weight is 437 g/mol. The highest BCUT2D eigenvalue weighted by molar-refractivity contribution is 7.22. The van der Waals surface area contributed by atoms with Crippen LogP contribution in [0, 0.1) is 0 Å². The summed E-state index contributed by atoms with van der Waals surface area (Å²) < 4.78 is 8.39. The van der Waals surface area contributed by atoms with E-state index in [0.29, 0.717) is 35.3 Å². The Morgan fingerprint density at radius 2 is 1.84 bits per heavy atom. The van der Waals surface area contributed by atoms with Gasteiger partial charge in [-0.3, -0.25) is 14.2 Å². The Morgan fingerprint density at radius 1 is 1.10 bits per heavy atom. The second-order valence-corrected chi connectivity index (χ2v) is 9.80. The van der Waals surface area contributed by atoms with Crippen LogP contribution in [-0.4, -0.2) is 52.1 Å². The molecule has 2 bridgehead atoms. The van der Waals surface area contributed by atoms with Gasteiger partial charge in [-0.2, -0.15) is 0 Å². The minimum atomic E-state index is -0.116. The van der Waals surface area contributed by atoms with Gasteiger partial charge in [-0.1, -0.05) is 0 Å². The van der Waals surface area contributed by atoms with Crippen LogP contribution in [0.4, 0.5) is 5.00 Å². The summed E-state index contributed by atoms with van der Waals surface area (Å²) in [6.07, 6.45) is 7.09. The third-order valence-corrected chi connectivity index (χ3v) is 8.15. The van der Waals surface area contributed by atoms with Gasteiger partial charge in [0.1, 0.15) is 27.9 Å². The molecule has 1 aromatic carbocycles. The molecule has 8 heteroatoms. The molecule has 31 heavy (non-hydrogen) atoms. The van der Waals surface area contributed by atoms with E-state index < -0.39 is 0 Å². The summed E-state index contributed by atoms with van der Waals surface area (Å²) in [7, 11) is 2.23. The number of hydrogen-bond donors (Lipinski definition) is 0. The number of β-lactam (4-membered cyclic amide) rings is 1. The molecule has 7 nitrogen and oxygen atoms in total. The molecule has 0 radical (unpaired) electrons. The number of nitrogens with zero attached hydrogens (tertiary/aromatic N) is 4. The molecule has 2 unspecified atom stereocenters. The summed E-state index contributed by atoms with van der Waals surface area (Å²) in [4.78, 5) is 33.4. The topological polar surface area (TPSA) is 67.7 Å². The Kier molecular flexibility index (Phi) is 4.40. The molecular formula is C23H24N4O3S. The SMILES string of the molecule is CN1C2CCC1CC(Oc1ccc(-n3cnc4cc(N5CCC5=O)sc4c3=O)cc1)C2. The zero-order valence-electron chi connectivity index (χ0n) is 17.4. The van der Waals surface area contributed by atoms with Crippen LogP contribution in [0.1, 0.15) is 32.1 Å². The van der Waals surface area contributed by atoms with Crippen LogP contribution in [0.25, 0.3) is 15.9 Å². The van der Waals surface area contributed by atoms with Crippen molar-refractivity contribution in [3.05, 3.63) is 47.0 Å². The van der Waals surface area contributed by atoms with Crippen LogP contribution in [0.3, 0.4) is 0 Å². The van der Waals surface area contributed by atoms with Gasteiger partial charge in [-0.05, 0) is 63.1 Å². The van der Waals surface area contributed by atoms with Gasteiger partial charge >= 0.3 is 0 Å². The van der Waals surface area contributed by atoms with E-state index in [4.69, 9.17) is 4.74 Å². The summed E-state index contributed by atoms with van der Waals surface area (Å²) in [5.74, 6) is 0.939. The first-order valence-corrected chi connectivity index (χ1v) is 11.7. The predicted octanol–water partition coefficient (Wildman–Crippen LogP) is 3.19. The number of anilines is 1. The van der Waals surface area contributed by atoms with Crippen molar-refractivity contribution in [2.24, 2.45) is 0 Å². The summed E-state index contributed by atoms with van der Waals surface area (Å²) >= 11 is 1.33. The molecule has 0 saturated carbocycles. The molecule has 3 saturated heterocycles. The minimum Gasteiger partial charge on any atom is -0.490 e. The fourth-order valence-electron chi connectivity index (χ4n) is 5.10. The van der Waals surface area contributed by atoms with E-state index in [1.165, 1.54) is 24.2 Å². The van der Waals surface area contributed by atoms with Crippen molar-refractivity contribution in [2.45, 2.75) is 50.3 Å². The van der Waals surface area contributed by atoms with Crippen LogP contribution in [0.15, 0.2) is 41.5 Å². The Morgan fingerprint density at radius 3 is 2.48 bits per heavy atom. The maximum absolute atomic E-state index is 13.1. The highest BCUT2D eigenvalue weighted by Crippen LogP contribution is 2.36. The van der Waals surface area contributed by atoms with Crippen LogP contribution >= 0.6 is 11.3 Å². The highest BCUT2D eigenvalue weighted by Gasteiger charge is 2.39. The average Bonchev–Trinajstić information content (AvgIpc) is 3.25. The van der Waals surface area contributed by atoms with Crippen molar-refractivity contribution in [1.29, 1.82) is 0 Å². The van der Waals surface area contributed by atoms with E-state index in [1.807, 2.05) is 30.3 Å². The first kappa shape index (κ1) is 19.0. The molecule has 0 N–H and O–H groups in total. The van der Waals surface area contributed by atoms with E-state index in [2.05, 4.69) is 16.9 Å². The number of thiophene rings is 1. The zero-order valence-corrected chi connectivity index (χ0v) is 18.2. The van der Waals surface area contributed by atoms with Gasteiger partial charge < -0.3 is 14.5 Å². The van der Waals surface area contributed by atoms with Gasteiger partial charge in [-0.25, -0.2) is 4.98 Å². The second kappa shape index (κ2) is 7.17. The first-order valence-electron chi connectivity index (χ1n) is 10.9. The molecule has 160 valence electrons. The highest BCUT2D eigenvalue weighted by atomic mass is 32.1. The molecule has 5 heterocycles. The first-order chi connectivity index (χ1) is 15.1. The Bertz CT molecular complexity index is 1200. The van der Waals surface area contributed by atoms with Crippen molar-refractivity contribution in [3.8, 4) is 11.4 Å². The molecule has 2 aromatic heterocycles. The number of aromatic nitrogens is 2. The predicted molar refractivity (Wildman–Crippen MR) is 120 cm³/mol. The van der Waals surface area contributed by atoms with E-state index in [0.717, 1.165) is 29.3 Å². The molecular weight excluding hydrogens is 412 g/mol. The van der Waals surface area contributed by atoms with E-state index in [9.17, 15) is 9.59 Å². The van der Waals surface area contributed by atoms with Crippen LogP contribution < -0.4 is 15.2 Å². The molecule has 2 atom stereocenters. The number of benzene rings is 1. The lowest BCUT2D eigenvalue weighted by Gasteiger charge is -2.36. The summed E-state index contributed by atoms with van der Waals surface area (Å²) in [5, 5.41) is 0.796. The van der Waals surface area contributed by atoms with Gasteiger partial charge in [0.2, 0.25) is 5.91 Å². The normalized spacial score (nSPS) is 25.8. The Labute approximate surface area is 183 Å². The van der Waals surface area contributed by atoms with Crippen molar-refractivity contribution < 1.29 is 9.53 Å². The number of carbonyl (C=O) groups excluding carboxylic acids is 1. The summed E-state index contributed by atoms with van der Waals surface area (Å²) in [6, 6.07) is 10.8. The molecule has 3 aromatic rings. The van der Waals surface area contributed by atoms with Crippen molar-refractivity contribution >= 4 is 32.5 Å². The summed E-state index contributed by atoms with van der Waals surface area (Å²) in [6.45, 7) is 0.708. The van der Waals surface area contributed by atoms with Gasteiger partial charge in [0.15, 0.2) is 0 Å². The number of rotatable bonds is 4. The van der Waals surface area contributed by atoms with Crippen molar-refractivity contribution in [1.82, 2.24) is 14.5 Å². The molecule has 3 aliphatic heterocycles. The largest absolute Gasteiger partial charge is 0.490 e. The monoisotopic (exact) mass is 436 g/mol. The summed E-state index contributed by atoms with van der Waals surface area (Å²) in [5.41, 5.74) is 1.28. The number of piperidine rings is 1. The van der Waals surface area contributed by atoms with Crippen LogP contribution in [-0.2, 0) is 4.79 Å². The van der Waals surface area contributed by atoms with E-state index in [1.54, 1.807) is 15.8 Å². The maximum Gasteiger partial charge on any atom is 0.275 e. The lowest BCUT2D eigenvalue weighted by atomic mass is 10.0. The molecule has 3 fully saturated rings.